The van der Waals surface area contributed by atoms with Gasteiger partial charge in [-0.3, -0.25) is 0 Å². The molecule has 5 nitrogen and oxygen atoms in total. The third kappa shape index (κ3) is 2.55. The molecule has 0 aliphatic carbocycles. The number of benzene rings is 1. The molecule has 2 aromatic rings. The summed E-state index contributed by atoms with van der Waals surface area (Å²) >= 11 is 0. The van der Waals surface area contributed by atoms with Gasteiger partial charge in [-0.1, -0.05) is 0 Å². The van der Waals surface area contributed by atoms with Crippen LogP contribution < -0.4 is 4.74 Å². The lowest BCUT2D eigenvalue weighted by Crippen LogP contribution is -2.04. The van der Waals surface area contributed by atoms with Crippen LogP contribution in [0, 0.1) is 5.82 Å². The highest BCUT2D eigenvalue weighted by molar-refractivity contribution is 6.11. The van der Waals surface area contributed by atoms with Crippen molar-refractivity contribution in [2.75, 3.05) is 7.11 Å². The summed E-state index contributed by atoms with van der Waals surface area (Å²) in [4.78, 5) is 15.8. The van der Waals surface area contributed by atoms with Gasteiger partial charge in [0, 0.05) is 5.56 Å². The monoisotopic (exact) mass is 287 g/mol. The molecule has 3 rings (SSSR count). The summed E-state index contributed by atoms with van der Waals surface area (Å²) in [5.41, 5.74) is 0.444. The van der Waals surface area contributed by atoms with Crippen LogP contribution in [0.25, 0.3) is 6.08 Å². The molecule has 1 aliphatic rings. The van der Waals surface area contributed by atoms with Crippen molar-refractivity contribution in [1.29, 1.82) is 0 Å². The van der Waals surface area contributed by atoms with E-state index in [0.717, 1.165) is 0 Å². The number of halogens is 1. The number of cyclic esters (lactones) is 1. The van der Waals surface area contributed by atoms with E-state index in [9.17, 15) is 9.18 Å². The number of ether oxygens (including phenoxy) is 2. The first kappa shape index (κ1) is 13.1. The second-order valence-electron chi connectivity index (χ2n) is 4.20. The fourth-order valence-electron chi connectivity index (χ4n) is 1.88. The van der Waals surface area contributed by atoms with Gasteiger partial charge in [0.15, 0.2) is 11.5 Å². The third-order valence-electron chi connectivity index (χ3n) is 2.84. The van der Waals surface area contributed by atoms with E-state index < -0.39 is 11.8 Å². The minimum atomic E-state index is -0.632. The Morgan fingerprint density at radius 3 is 2.90 bits per heavy atom. The smallest absolute Gasteiger partial charge is 0.363 e. The van der Waals surface area contributed by atoms with Crippen molar-refractivity contribution in [2.24, 2.45) is 4.99 Å². The average molecular weight is 287 g/mol. The Kier molecular flexibility index (Phi) is 3.27. The molecule has 0 N–H and O–H groups in total. The van der Waals surface area contributed by atoms with Gasteiger partial charge in [-0.2, -0.15) is 0 Å². The van der Waals surface area contributed by atoms with E-state index in [0.29, 0.717) is 17.1 Å². The van der Waals surface area contributed by atoms with Gasteiger partial charge in [-0.05, 0) is 36.4 Å². The number of methoxy groups -OCH3 is 1. The number of carbonyl (C=O) groups excluding carboxylic acids is 1. The van der Waals surface area contributed by atoms with Crippen LogP contribution in [0.5, 0.6) is 5.75 Å². The van der Waals surface area contributed by atoms with E-state index in [1.165, 1.54) is 37.6 Å². The number of hydrogen-bond donors (Lipinski definition) is 0. The molecule has 0 fully saturated rings. The predicted octanol–water partition coefficient (Wildman–Crippen LogP) is 2.77. The standard InChI is InChI=1S/C15H10FNO4/c1-19-12-5-4-10(16)7-9(12)8-11-15(18)21-14(17-11)13-3-2-6-20-13/h2-8H,1H3/b11-8+. The Morgan fingerprint density at radius 1 is 1.33 bits per heavy atom. The average Bonchev–Trinajstić information content (AvgIpc) is 3.10. The second-order valence-corrected chi connectivity index (χ2v) is 4.20. The van der Waals surface area contributed by atoms with Crippen LogP contribution in [0.1, 0.15) is 11.3 Å². The number of esters is 1. The number of nitrogens with zero attached hydrogens (tertiary/aromatic N) is 1. The van der Waals surface area contributed by atoms with Gasteiger partial charge in [-0.25, -0.2) is 14.2 Å². The molecule has 6 heteroatoms. The summed E-state index contributed by atoms with van der Waals surface area (Å²) in [6.45, 7) is 0. The van der Waals surface area contributed by atoms with Crippen molar-refractivity contribution in [2.45, 2.75) is 0 Å². The lowest BCUT2D eigenvalue weighted by atomic mass is 10.1. The highest BCUT2D eigenvalue weighted by Gasteiger charge is 2.26. The topological polar surface area (TPSA) is 61.0 Å². The Hall–Kier alpha value is -2.89. The molecule has 0 atom stereocenters. The molecule has 21 heavy (non-hydrogen) atoms. The van der Waals surface area contributed by atoms with Crippen molar-refractivity contribution in [3.05, 3.63) is 59.4 Å². The van der Waals surface area contributed by atoms with Crippen LogP contribution in [-0.4, -0.2) is 19.0 Å². The summed E-state index contributed by atoms with van der Waals surface area (Å²) < 4.78 is 28.5. The van der Waals surface area contributed by atoms with Crippen LogP contribution in [-0.2, 0) is 9.53 Å². The number of aliphatic imine (C=N–C) groups is 1. The minimum Gasteiger partial charge on any atom is -0.496 e. The zero-order valence-corrected chi connectivity index (χ0v) is 11.0. The van der Waals surface area contributed by atoms with Gasteiger partial charge in [0.25, 0.3) is 5.90 Å². The molecule has 1 aromatic heterocycles. The highest BCUT2D eigenvalue weighted by Crippen LogP contribution is 2.25. The van der Waals surface area contributed by atoms with Crippen molar-refractivity contribution in [3.8, 4) is 5.75 Å². The Morgan fingerprint density at radius 2 is 2.19 bits per heavy atom. The van der Waals surface area contributed by atoms with Gasteiger partial charge >= 0.3 is 5.97 Å². The Balaban J connectivity index is 2.00. The predicted molar refractivity (Wildman–Crippen MR) is 72.3 cm³/mol. The minimum absolute atomic E-state index is 0.0466. The highest BCUT2D eigenvalue weighted by atomic mass is 19.1. The molecule has 1 aliphatic heterocycles. The summed E-state index contributed by atoms with van der Waals surface area (Å²) in [6, 6.07) is 7.27. The van der Waals surface area contributed by atoms with Gasteiger partial charge in [-0.15, -0.1) is 0 Å². The van der Waals surface area contributed by atoms with Crippen LogP contribution in [0.3, 0.4) is 0 Å². The van der Waals surface area contributed by atoms with E-state index in [1.54, 1.807) is 12.1 Å². The third-order valence-corrected chi connectivity index (χ3v) is 2.84. The number of furan rings is 1. The SMILES string of the molecule is COc1ccc(F)cc1/C=C1/N=C(c2ccco2)OC1=O. The molecule has 1 aromatic carbocycles. The Labute approximate surface area is 119 Å². The summed E-state index contributed by atoms with van der Waals surface area (Å²) in [6.07, 6.45) is 2.85. The zero-order chi connectivity index (χ0) is 14.8. The lowest BCUT2D eigenvalue weighted by molar-refractivity contribution is -0.130. The van der Waals surface area contributed by atoms with Gasteiger partial charge in [0.1, 0.15) is 11.6 Å². The molecular formula is C15H10FNO4. The fraction of sp³-hybridized carbons (Fsp3) is 0.0667. The van der Waals surface area contributed by atoms with E-state index in [4.69, 9.17) is 13.9 Å². The normalized spacial score (nSPS) is 16.0. The lowest BCUT2D eigenvalue weighted by Gasteiger charge is -2.04. The second kappa shape index (κ2) is 5.24. The number of carbonyl (C=O) groups is 1. The van der Waals surface area contributed by atoms with Crippen molar-refractivity contribution < 1.29 is 23.1 Å². The van der Waals surface area contributed by atoms with Crippen molar-refractivity contribution >= 4 is 17.9 Å². The fourth-order valence-corrected chi connectivity index (χ4v) is 1.88. The molecule has 0 amide bonds. The van der Waals surface area contributed by atoms with E-state index in [-0.39, 0.29) is 11.6 Å². The van der Waals surface area contributed by atoms with Crippen molar-refractivity contribution in [3.63, 3.8) is 0 Å². The molecule has 0 saturated carbocycles. The summed E-state index contributed by atoms with van der Waals surface area (Å²) in [5.74, 6) is -0.222. The van der Waals surface area contributed by atoms with Gasteiger partial charge in [0.05, 0.1) is 13.4 Å². The van der Waals surface area contributed by atoms with Crippen LogP contribution in [0.2, 0.25) is 0 Å². The van der Waals surface area contributed by atoms with Crippen LogP contribution >= 0.6 is 0 Å². The molecule has 0 spiro atoms. The maximum atomic E-state index is 13.3. The van der Waals surface area contributed by atoms with E-state index in [2.05, 4.69) is 4.99 Å². The largest absolute Gasteiger partial charge is 0.496 e. The molecule has 0 unspecified atom stereocenters. The van der Waals surface area contributed by atoms with Crippen LogP contribution in [0.15, 0.2) is 51.7 Å². The van der Waals surface area contributed by atoms with E-state index >= 15 is 0 Å². The number of rotatable bonds is 3. The summed E-state index contributed by atoms with van der Waals surface area (Å²) in [7, 11) is 1.46. The molecule has 0 saturated heterocycles. The number of hydrogen-bond acceptors (Lipinski definition) is 5. The van der Waals surface area contributed by atoms with Crippen molar-refractivity contribution in [1.82, 2.24) is 0 Å². The Bertz CT molecular complexity index is 747. The first-order valence-electron chi connectivity index (χ1n) is 6.07. The first-order chi connectivity index (χ1) is 10.2. The van der Waals surface area contributed by atoms with Gasteiger partial charge < -0.3 is 13.9 Å². The van der Waals surface area contributed by atoms with Crippen LogP contribution in [0.4, 0.5) is 4.39 Å². The van der Waals surface area contributed by atoms with Gasteiger partial charge in [0.2, 0.25) is 0 Å². The molecule has 106 valence electrons. The molecule has 2 heterocycles. The zero-order valence-electron chi connectivity index (χ0n) is 11.0. The quantitative estimate of drug-likeness (QED) is 0.643. The van der Waals surface area contributed by atoms with E-state index in [1.807, 2.05) is 0 Å². The molecule has 0 radical (unpaired) electrons. The maximum Gasteiger partial charge on any atom is 0.363 e. The molecular weight excluding hydrogens is 277 g/mol. The summed E-state index contributed by atoms with van der Waals surface area (Å²) in [5, 5.41) is 0. The molecule has 0 bridgehead atoms. The maximum absolute atomic E-state index is 13.3. The first-order valence-corrected chi connectivity index (χ1v) is 6.07.